The van der Waals surface area contributed by atoms with Crippen molar-refractivity contribution in [1.82, 2.24) is 0 Å². The number of rotatable bonds is 4. The third-order valence-electron chi connectivity index (χ3n) is 2.79. The lowest BCUT2D eigenvalue weighted by molar-refractivity contribution is 0.476. The molecule has 3 heteroatoms. The summed E-state index contributed by atoms with van der Waals surface area (Å²) in [6.07, 6.45) is 0.686. The molecule has 0 amide bonds. The van der Waals surface area contributed by atoms with Gasteiger partial charge in [-0.1, -0.05) is 25.1 Å². The molecule has 0 fully saturated rings. The average Bonchev–Trinajstić information content (AvgIpc) is 2.41. The quantitative estimate of drug-likeness (QED) is 0.882. The summed E-state index contributed by atoms with van der Waals surface area (Å²) < 4.78 is 19.3. The van der Waals surface area contributed by atoms with Crippen molar-refractivity contribution in [3.05, 3.63) is 59.9 Å². The van der Waals surface area contributed by atoms with Crippen molar-refractivity contribution in [3.63, 3.8) is 0 Å². The van der Waals surface area contributed by atoms with Crippen LogP contribution in [-0.2, 0) is 0 Å². The number of ether oxygens (including phenoxy) is 1. The first-order valence-electron chi connectivity index (χ1n) is 5.98. The van der Waals surface area contributed by atoms with E-state index in [-0.39, 0.29) is 11.9 Å². The summed E-state index contributed by atoms with van der Waals surface area (Å²) in [5.41, 5.74) is 6.35. The SMILES string of the molecule is CCC(N)c1cc(Oc2ccccc2)ccc1F. The van der Waals surface area contributed by atoms with Crippen molar-refractivity contribution in [2.75, 3.05) is 0 Å². The summed E-state index contributed by atoms with van der Waals surface area (Å²) in [6.45, 7) is 1.93. The molecule has 0 aliphatic rings. The monoisotopic (exact) mass is 245 g/mol. The van der Waals surface area contributed by atoms with E-state index in [0.29, 0.717) is 17.7 Å². The molecule has 2 nitrogen and oxygen atoms in total. The average molecular weight is 245 g/mol. The van der Waals surface area contributed by atoms with Crippen LogP contribution in [0.5, 0.6) is 11.5 Å². The first-order chi connectivity index (χ1) is 8.70. The number of para-hydroxylation sites is 1. The normalized spacial score (nSPS) is 12.2. The fraction of sp³-hybridized carbons (Fsp3) is 0.200. The topological polar surface area (TPSA) is 35.2 Å². The van der Waals surface area contributed by atoms with Gasteiger partial charge >= 0.3 is 0 Å². The van der Waals surface area contributed by atoms with E-state index in [1.54, 1.807) is 12.1 Å². The lowest BCUT2D eigenvalue weighted by atomic mass is 10.0. The molecule has 0 saturated carbocycles. The second-order valence-corrected chi connectivity index (χ2v) is 4.11. The second-order valence-electron chi connectivity index (χ2n) is 4.11. The van der Waals surface area contributed by atoms with Gasteiger partial charge in [0, 0.05) is 11.6 Å². The fourth-order valence-corrected chi connectivity index (χ4v) is 1.71. The van der Waals surface area contributed by atoms with Gasteiger partial charge in [-0.2, -0.15) is 0 Å². The number of nitrogens with two attached hydrogens (primary N) is 1. The molecule has 0 spiro atoms. The highest BCUT2D eigenvalue weighted by Gasteiger charge is 2.11. The third-order valence-corrected chi connectivity index (χ3v) is 2.79. The Morgan fingerprint density at radius 3 is 2.50 bits per heavy atom. The van der Waals surface area contributed by atoms with E-state index in [9.17, 15) is 4.39 Å². The van der Waals surface area contributed by atoms with Gasteiger partial charge in [0.2, 0.25) is 0 Å². The second kappa shape index (κ2) is 5.65. The maximum Gasteiger partial charge on any atom is 0.128 e. The van der Waals surface area contributed by atoms with Gasteiger partial charge < -0.3 is 10.5 Å². The number of benzene rings is 2. The van der Waals surface area contributed by atoms with Crippen molar-refractivity contribution in [2.24, 2.45) is 5.73 Å². The fourth-order valence-electron chi connectivity index (χ4n) is 1.71. The highest BCUT2D eigenvalue weighted by atomic mass is 19.1. The van der Waals surface area contributed by atoms with Crippen molar-refractivity contribution < 1.29 is 9.13 Å². The van der Waals surface area contributed by atoms with E-state index in [0.717, 1.165) is 5.75 Å². The molecule has 2 rings (SSSR count). The van der Waals surface area contributed by atoms with Crippen LogP contribution in [0.1, 0.15) is 24.9 Å². The van der Waals surface area contributed by atoms with E-state index < -0.39 is 0 Å². The molecule has 2 N–H and O–H groups in total. The number of hydrogen-bond acceptors (Lipinski definition) is 2. The highest BCUT2D eigenvalue weighted by molar-refractivity contribution is 5.35. The zero-order valence-electron chi connectivity index (χ0n) is 10.3. The molecule has 2 aromatic rings. The molecule has 1 unspecified atom stereocenters. The molecule has 94 valence electrons. The van der Waals surface area contributed by atoms with Crippen LogP contribution in [0.3, 0.4) is 0 Å². The van der Waals surface area contributed by atoms with E-state index in [2.05, 4.69) is 0 Å². The summed E-state index contributed by atoms with van der Waals surface area (Å²) in [5.74, 6) is 1.03. The van der Waals surface area contributed by atoms with E-state index in [4.69, 9.17) is 10.5 Å². The molecule has 2 aromatic carbocycles. The van der Waals surface area contributed by atoms with Gasteiger partial charge in [-0.25, -0.2) is 4.39 Å². The van der Waals surface area contributed by atoms with Crippen LogP contribution >= 0.6 is 0 Å². The van der Waals surface area contributed by atoms with Gasteiger partial charge in [0.05, 0.1) is 0 Å². The Hall–Kier alpha value is -1.87. The van der Waals surface area contributed by atoms with Gasteiger partial charge in [-0.15, -0.1) is 0 Å². The molecular weight excluding hydrogens is 229 g/mol. The van der Waals surface area contributed by atoms with Gasteiger partial charge in [0.15, 0.2) is 0 Å². The number of halogens is 1. The third kappa shape index (κ3) is 2.87. The maximum atomic E-state index is 13.6. The Labute approximate surface area is 106 Å². The summed E-state index contributed by atoms with van der Waals surface area (Å²) >= 11 is 0. The molecular formula is C15H16FNO. The summed E-state index contributed by atoms with van der Waals surface area (Å²) in [4.78, 5) is 0. The predicted molar refractivity (Wildman–Crippen MR) is 70.1 cm³/mol. The minimum atomic E-state index is -0.302. The van der Waals surface area contributed by atoms with Crippen molar-refractivity contribution in [2.45, 2.75) is 19.4 Å². The van der Waals surface area contributed by atoms with Crippen molar-refractivity contribution >= 4 is 0 Å². The molecule has 0 heterocycles. The van der Waals surface area contributed by atoms with Crippen molar-refractivity contribution in [3.8, 4) is 11.5 Å². The Kier molecular flexibility index (Phi) is 3.95. The van der Waals surface area contributed by atoms with Crippen LogP contribution in [0, 0.1) is 5.82 Å². The van der Waals surface area contributed by atoms with E-state index >= 15 is 0 Å². The number of hydrogen-bond donors (Lipinski definition) is 1. The Morgan fingerprint density at radius 1 is 1.11 bits per heavy atom. The van der Waals surface area contributed by atoms with Crippen LogP contribution in [0.25, 0.3) is 0 Å². The Morgan fingerprint density at radius 2 is 1.83 bits per heavy atom. The molecule has 0 radical (unpaired) electrons. The molecule has 0 aliphatic heterocycles. The minimum absolute atomic E-state index is 0.287. The smallest absolute Gasteiger partial charge is 0.128 e. The zero-order chi connectivity index (χ0) is 13.0. The summed E-state index contributed by atoms with van der Waals surface area (Å²) in [5, 5.41) is 0. The van der Waals surface area contributed by atoms with Crippen LogP contribution in [-0.4, -0.2) is 0 Å². The molecule has 0 aromatic heterocycles. The molecule has 0 saturated heterocycles. The largest absolute Gasteiger partial charge is 0.457 e. The van der Waals surface area contributed by atoms with E-state index in [1.165, 1.54) is 6.07 Å². The lowest BCUT2D eigenvalue weighted by Gasteiger charge is -2.12. The summed E-state index contributed by atoms with van der Waals surface area (Å²) in [6, 6.07) is 13.7. The van der Waals surface area contributed by atoms with Crippen LogP contribution < -0.4 is 10.5 Å². The molecule has 0 aliphatic carbocycles. The van der Waals surface area contributed by atoms with Crippen molar-refractivity contribution in [1.29, 1.82) is 0 Å². The van der Waals surface area contributed by atoms with Gasteiger partial charge in [0.25, 0.3) is 0 Å². The lowest BCUT2D eigenvalue weighted by Crippen LogP contribution is -2.10. The van der Waals surface area contributed by atoms with E-state index in [1.807, 2.05) is 37.3 Å². The summed E-state index contributed by atoms with van der Waals surface area (Å²) in [7, 11) is 0. The Bertz CT molecular complexity index is 513. The van der Waals surface area contributed by atoms with Gasteiger partial charge in [-0.05, 0) is 36.8 Å². The first-order valence-corrected chi connectivity index (χ1v) is 5.98. The minimum Gasteiger partial charge on any atom is -0.457 e. The van der Waals surface area contributed by atoms with Crippen LogP contribution in [0.4, 0.5) is 4.39 Å². The van der Waals surface area contributed by atoms with Crippen LogP contribution in [0.2, 0.25) is 0 Å². The standard InChI is InChI=1S/C15H16FNO/c1-2-15(17)13-10-12(8-9-14(13)16)18-11-6-4-3-5-7-11/h3-10,15H,2,17H2,1H3. The zero-order valence-corrected chi connectivity index (χ0v) is 10.3. The van der Waals surface area contributed by atoms with Gasteiger partial charge in [-0.3, -0.25) is 0 Å². The maximum absolute atomic E-state index is 13.6. The molecule has 1 atom stereocenters. The first kappa shape index (κ1) is 12.6. The van der Waals surface area contributed by atoms with Crippen LogP contribution in [0.15, 0.2) is 48.5 Å². The molecule has 0 bridgehead atoms. The molecule has 18 heavy (non-hydrogen) atoms. The highest BCUT2D eigenvalue weighted by Crippen LogP contribution is 2.26. The van der Waals surface area contributed by atoms with Gasteiger partial charge in [0.1, 0.15) is 17.3 Å². The Balaban J connectivity index is 2.25. The predicted octanol–water partition coefficient (Wildman–Crippen LogP) is 4.03.